The van der Waals surface area contributed by atoms with E-state index in [-0.39, 0.29) is 5.75 Å². The number of hydrogen-bond acceptors (Lipinski definition) is 2. The van der Waals surface area contributed by atoms with Gasteiger partial charge in [0.1, 0.15) is 6.04 Å². The van der Waals surface area contributed by atoms with Crippen molar-refractivity contribution in [1.82, 2.24) is 0 Å². The topological polar surface area (TPSA) is 46.1 Å². The summed E-state index contributed by atoms with van der Waals surface area (Å²) in [5, 5.41) is 12.4. The molecular weight excluding hydrogens is 250 g/mol. The Balaban J connectivity index is 1.91. The molecule has 104 valence electrons. The molecule has 0 saturated heterocycles. The number of phenolic OH excluding ortho intramolecular Hbond substituents is 1. The zero-order valence-electron chi connectivity index (χ0n) is 11.7. The molecule has 2 aromatic carbocycles. The van der Waals surface area contributed by atoms with Crippen LogP contribution in [0.1, 0.15) is 22.7 Å². The van der Waals surface area contributed by atoms with Gasteiger partial charge in [-0.05, 0) is 23.3 Å². The van der Waals surface area contributed by atoms with Crippen LogP contribution in [-0.4, -0.2) is 18.8 Å². The van der Waals surface area contributed by atoms with Crippen molar-refractivity contribution >= 4 is 0 Å². The summed E-state index contributed by atoms with van der Waals surface area (Å²) in [4.78, 5) is 0. The summed E-state index contributed by atoms with van der Waals surface area (Å²) in [5.74, 6) is 0.809. The number of phenols is 1. The molecule has 0 amide bonds. The van der Waals surface area contributed by atoms with Crippen LogP contribution >= 0.6 is 0 Å². The largest absolute Gasteiger partial charge is 0.504 e. The molecule has 1 atom stereocenters. The Morgan fingerprint density at radius 2 is 2.05 bits per heavy atom. The predicted octanol–water partition coefficient (Wildman–Crippen LogP) is 1.80. The SMILES string of the molecule is COc1cc2c(cc1O)[C@H](Cc1ccccc1)[NH2+]CC2. The van der Waals surface area contributed by atoms with E-state index in [4.69, 9.17) is 4.74 Å². The zero-order valence-corrected chi connectivity index (χ0v) is 11.7. The minimum absolute atomic E-state index is 0.236. The molecule has 0 aliphatic carbocycles. The first-order valence-corrected chi connectivity index (χ1v) is 7.05. The maximum atomic E-state index is 10.0. The summed E-state index contributed by atoms with van der Waals surface area (Å²) in [7, 11) is 1.60. The summed E-state index contributed by atoms with van der Waals surface area (Å²) in [5.41, 5.74) is 3.86. The third-order valence-corrected chi connectivity index (χ3v) is 4.00. The quantitative estimate of drug-likeness (QED) is 0.893. The second-order valence-electron chi connectivity index (χ2n) is 5.29. The van der Waals surface area contributed by atoms with Crippen LogP contribution < -0.4 is 10.1 Å². The highest BCUT2D eigenvalue weighted by atomic mass is 16.5. The lowest BCUT2D eigenvalue weighted by atomic mass is 9.90. The van der Waals surface area contributed by atoms with Gasteiger partial charge in [-0.1, -0.05) is 30.3 Å². The van der Waals surface area contributed by atoms with Crippen molar-refractivity contribution in [3.63, 3.8) is 0 Å². The fourth-order valence-corrected chi connectivity index (χ4v) is 2.98. The van der Waals surface area contributed by atoms with Crippen molar-refractivity contribution in [2.75, 3.05) is 13.7 Å². The van der Waals surface area contributed by atoms with E-state index in [9.17, 15) is 5.11 Å². The number of aromatic hydroxyl groups is 1. The first-order valence-electron chi connectivity index (χ1n) is 7.05. The van der Waals surface area contributed by atoms with E-state index in [0.29, 0.717) is 11.8 Å². The molecule has 0 radical (unpaired) electrons. The maximum absolute atomic E-state index is 10.0. The molecule has 3 heteroatoms. The first-order chi connectivity index (χ1) is 9.78. The molecule has 3 N–H and O–H groups in total. The van der Waals surface area contributed by atoms with Gasteiger partial charge < -0.3 is 15.2 Å². The molecule has 3 nitrogen and oxygen atoms in total. The molecule has 0 spiro atoms. The van der Waals surface area contributed by atoms with Crippen LogP contribution in [0.15, 0.2) is 42.5 Å². The minimum atomic E-state index is 0.236. The number of methoxy groups -OCH3 is 1. The number of rotatable bonds is 3. The highest BCUT2D eigenvalue weighted by Gasteiger charge is 2.25. The van der Waals surface area contributed by atoms with Gasteiger partial charge in [-0.15, -0.1) is 0 Å². The number of fused-ring (bicyclic) bond motifs is 1. The zero-order chi connectivity index (χ0) is 13.9. The van der Waals surface area contributed by atoms with Gasteiger partial charge in [-0.2, -0.15) is 0 Å². The van der Waals surface area contributed by atoms with Gasteiger partial charge in [0.2, 0.25) is 0 Å². The van der Waals surface area contributed by atoms with E-state index in [1.54, 1.807) is 7.11 Å². The molecule has 0 aromatic heterocycles. The smallest absolute Gasteiger partial charge is 0.160 e. The molecule has 20 heavy (non-hydrogen) atoms. The van der Waals surface area contributed by atoms with Crippen LogP contribution in [0.3, 0.4) is 0 Å². The highest BCUT2D eigenvalue weighted by molar-refractivity contribution is 5.48. The first kappa shape index (κ1) is 13.0. The standard InChI is InChI=1S/C17H19NO2/c1-20-17-10-13-7-8-18-15(14(13)11-16(17)19)9-12-5-3-2-4-6-12/h2-6,10-11,15,18-19H,7-9H2,1H3/p+1/t15-/m0/s1. The molecular formula is C17H20NO2+. The van der Waals surface area contributed by atoms with Crippen LogP contribution in [0.25, 0.3) is 0 Å². The number of benzene rings is 2. The molecule has 0 saturated carbocycles. The summed E-state index contributed by atoms with van der Waals surface area (Å²) in [6.07, 6.45) is 2.01. The molecule has 0 bridgehead atoms. The van der Waals surface area contributed by atoms with Gasteiger partial charge in [0.15, 0.2) is 11.5 Å². The Hall–Kier alpha value is -2.00. The van der Waals surface area contributed by atoms with Gasteiger partial charge in [-0.25, -0.2) is 0 Å². The van der Waals surface area contributed by atoms with Gasteiger partial charge in [0, 0.05) is 18.4 Å². The fraction of sp³-hybridized carbons (Fsp3) is 0.294. The summed E-state index contributed by atoms with van der Waals surface area (Å²) in [6.45, 7) is 1.08. The third kappa shape index (κ3) is 2.49. The summed E-state index contributed by atoms with van der Waals surface area (Å²) < 4.78 is 5.20. The number of hydrogen-bond donors (Lipinski definition) is 2. The monoisotopic (exact) mass is 270 g/mol. The van der Waals surface area contributed by atoms with Crippen LogP contribution in [0.5, 0.6) is 11.5 Å². The Labute approximate surface area is 119 Å². The van der Waals surface area contributed by atoms with Gasteiger partial charge >= 0.3 is 0 Å². The highest BCUT2D eigenvalue weighted by Crippen LogP contribution is 2.33. The van der Waals surface area contributed by atoms with Gasteiger partial charge in [0.05, 0.1) is 13.7 Å². The number of ether oxygens (including phenoxy) is 1. The Morgan fingerprint density at radius 1 is 1.25 bits per heavy atom. The van der Waals surface area contributed by atoms with Crippen molar-refractivity contribution in [3.8, 4) is 11.5 Å². The van der Waals surface area contributed by atoms with E-state index >= 15 is 0 Å². The van der Waals surface area contributed by atoms with Crippen molar-refractivity contribution in [2.24, 2.45) is 0 Å². The minimum Gasteiger partial charge on any atom is -0.504 e. The van der Waals surface area contributed by atoms with Gasteiger partial charge in [0.25, 0.3) is 0 Å². The third-order valence-electron chi connectivity index (χ3n) is 4.00. The summed E-state index contributed by atoms with van der Waals surface area (Å²) in [6, 6.07) is 14.7. The number of quaternary nitrogens is 1. The van der Waals surface area contributed by atoms with Crippen molar-refractivity contribution in [3.05, 3.63) is 59.2 Å². The Kier molecular flexibility index (Phi) is 3.61. The predicted molar refractivity (Wildman–Crippen MR) is 78.0 cm³/mol. The van der Waals surface area contributed by atoms with Crippen LogP contribution in [0.4, 0.5) is 0 Å². The van der Waals surface area contributed by atoms with Crippen molar-refractivity contribution in [2.45, 2.75) is 18.9 Å². The molecule has 3 rings (SSSR count). The van der Waals surface area contributed by atoms with Crippen LogP contribution in [0, 0.1) is 0 Å². The Bertz CT molecular complexity index is 595. The van der Waals surface area contributed by atoms with Crippen LogP contribution in [0.2, 0.25) is 0 Å². The van der Waals surface area contributed by atoms with E-state index in [1.165, 1.54) is 16.7 Å². The Morgan fingerprint density at radius 3 is 2.80 bits per heavy atom. The number of nitrogens with two attached hydrogens (primary N) is 1. The molecule has 0 fully saturated rings. The van der Waals surface area contributed by atoms with E-state index in [0.717, 1.165) is 19.4 Å². The van der Waals surface area contributed by atoms with E-state index in [2.05, 4.69) is 29.6 Å². The molecule has 1 heterocycles. The second kappa shape index (κ2) is 5.55. The van der Waals surface area contributed by atoms with Crippen molar-refractivity contribution in [1.29, 1.82) is 0 Å². The average Bonchev–Trinajstić information content (AvgIpc) is 2.48. The average molecular weight is 270 g/mol. The molecule has 1 aliphatic heterocycles. The molecule has 0 unspecified atom stereocenters. The van der Waals surface area contributed by atoms with Crippen molar-refractivity contribution < 1.29 is 15.2 Å². The normalized spacial score (nSPS) is 17.6. The maximum Gasteiger partial charge on any atom is 0.160 e. The molecule has 1 aliphatic rings. The van der Waals surface area contributed by atoms with E-state index < -0.39 is 0 Å². The lowest BCUT2D eigenvalue weighted by molar-refractivity contribution is -0.698. The summed E-state index contributed by atoms with van der Waals surface area (Å²) >= 11 is 0. The molecule has 2 aromatic rings. The lowest BCUT2D eigenvalue weighted by Gasteiger charge is -2.25. The van der Waals surface area contributed by atoms with E-state index in [1.807, 2.05) is 18.2 Å². The van der Waals surface area contributed by atoms with Gasteiger partial charge in [-0.3, -0.25) is 0 Å². The van der Waals surface area contributed by atoms with Crippen LogP contribution in [-0.2, 0) is 12.8 Å². The fourth-order valence-electron chi connectivity index (χ4n) is 2.98. The second-order valence-corrected chi connectivity index (χ2v) is 5.29. The lowest BCUT2D eigenvalue weighted by Crippen LogP contribution is -2.87.